The first-order valence-electron chi connectivity index (χ1n) is 9.06. The normalized spacial score (nSPS) is 23.2. The van der Waals surface area contributed by atoms with Gasteiger partial charge in [-0.2, -0.15) is 0 Å². The lowest BCUT2D eigenvalue weighted by Gasteiger charge is -2.32. The van der Waals surface area contributed by atoms with Gasteiger partial charge in [-0.3, -0.25) is 14.5 Å². The molecule has 5 heteroatoms. The van der Waals surface area contributed by atoms with Crippen LogP contribution >= 0.6 is 0 Å². The third kappa shape index (κ3) is 3.24. The third-order valence-electron chi connectivity index (χ3n) is 5.41. The second kappa shape index (κ2) is 6.84. The monoisotopic (exact) mass is 337 g/mol. The van der Waals surface area contributed by atoms with Crippen LogP contribution in [-0.4, -0.2) is 41.0 Å². The van der Waals surface area contributed by atoms with Gasteiger partial charge in [-0.15, -0.1) is 0 Å². The quantitative estimate of drug-likeness (QED) is 0.904. The van der Waals surface area contributed by atoms with Crippen LogP contribution in [0.4, 0.5) is 0 Å². The number of nitrogens with one attached hydrogen (secondary N) is 2. The van der Waals surface area contributed by atoms with Crippen LogP contribution in [0.2, 0.25) is 0 Å². The van der Waals surface area contributed by atoms with E-state index in [0.29, 0.717) is 6.04 Å². The molecule has 5 nitrogen and oxygen atoms in total. The van der Waals surface area contributed by atoms with Crippen molar-refractivity contribution >= 4 is 5.91 Å². The van der Waals surface area contributed by atoms with Crippen molar-refractivity contribution in [2.45, 2.75) is 37.8 Å². The van der Waals surface area contributed by atoms with Gasteiger partial charge in [0.05, 0.1) is 0 Å². The van der Waals surface area contributed by atoms with Gasteiger partial charge in [0.25, 0.3) is 11.5 Å². The Hall–Kier alpha value is -2.40. The molecule has 2 aromatic rings. The fourth-order valence-electron chi connectivity index (χ4n) is 4.10. The molecule has 2 aliphatic rings. The van der Waals surface area contributed by atoms with Gasteiger partial charge >= 0.3 is 0 Å². The molecule has 4 rings (SSSR count). The second-order valence-corrected chi connectivity index (χ2v) is 6.95. The van der Waals surface area contributed by atoms with E-state index in [4.69, 9.17) is 0 Å². The molecule has 1 aromatic carbocycles. The van der Waals surface area contributed by atoms with Crippen LogP contribution in [0.25, 0.3) is 11.3 Å². The van der Waals surface area contributed by atoms with Gasteiger partial charge in [0.1, 0.15) is 5.56 Å². The van der Waals surface area contributed by atoms with Crippen molar-refractivity contribution in [3.05, 3.63) is 58.4 Å². The zero-order valence-electron chi connectivity index (χ0n) is 14.2. The van der Waals surface area contributed by atoms with Crippen molar-refractivity contribution < 1.29 is 4.79 Å². The number of piperidine rings is 1. The van der Waals surface area contributed by atoms with Crippen molar-refractivity contribution in [2.24, 2.45) is 0 Å². The van der Waals surface area contributed by atoms with Crippen molar-refractivity contribution in [1.82, 2.24) is 15.2 Å². The Morgan fingerprint density at radius 3 is 2.68 bits per heavy atom. The van der Waals surface area contributed by atoms with Gasteiger partial charge in [0, 0.05) is 24.3 Å². The zero-order valence-corrected chi connectivity index (χ0v) is 14.2. The van der Waals surface area contributed by atoms with Crippen LogP contribution in [0, 0.1) is 0 Å². The molecule has 3 heterocycles. The fraction of sp³-hybridized carbons (Fsp3) is 0.400. The maximum atomic E-state index is 12.6. The van der Waals surface area contributed by atoms with Crippen molar-refractivity contribution in [1.29, 1.82) is 0 Å². The average Bonchev–Trinajstić information content (AvgIpc) is 3.05. The molecule has 2 N–H and O–H groups in total. The molecule has 130 valence electrons. The SMILES string of the molecule is O=C(N[C@H]1CCN2CCCC[C@@H]12)c1ccc(-c2ccccc2)[nH]c1=O. The Kier molecular flexibility index (Phi) is 4.40. The summed E-state index contributed by atoms with van der Waals surface area (Å²) >= 11 is 0. The Morgan fingerprint density at radius 2 is 1.88 bits per heavy atom. The molecular formula is C20H23N3O2. The summed E-state index contributed by atoms with van der Waals surface area (Å²) in [6.45, 7) is 2.17. The molecule has 1 aromatic heterocycles. The van der Waals surface area contributed by atoms with Crippen molar-refractivity contribution in [3.8, 4) is 11.3 Å². The molecule has 0 bridgehead atoms. The number of rotatable bonds is 3. The molecule has 2 saturated heterocycles. The van der Waals surface area contributed by atoms with Crippen molar-refractivity contribution in [2.75, 3.05) is 13.1 Å². The lowest BCUT2D eigenvalue weighted by atomic mass is 9.99. The highest BCUT2D eigenvalue weighted by Gasteiger charge is 2.36. The maximum absolute atomic E-state index is 12.6. The highest BCUT2D eigenvalue weighted by molar-refractivity contribution is 5.94. The summed E-state index contributed by atoms with van der Waals surface area (Å²) in [4.78, 5) is 30.3. The number of carbonyl (C=O) groups is 1. The van der Waals surface area contributed by atoms with Gasteiger partial charge in [-0.25, -0.2) is 0 Å². The van der Waals surface area contributed by atoms with Crippen LogP contribution in [0.5, 0.6) is 0 Å². The van der Waals surface area contributed by atoms with Crippen LogP contribution in [0.3, 0.4) is 0 Å². The number of benzene rings is 1. The minimum Gasteiger partial charge on any atom is -0.348 e. The summed E-state index contributed by atoms with van der Waals surface area (Å²) in [6, 6.07) is 13.6. The van der Waals surface area contributed by atoms with Crippen LogP contribution < -0.4 is 10.9 Å². The molecule has 1 amide bonds. The molecular weight excluding hydrogens is 314 g/mol. The topological polar surface area (TPSA) is 65.2 Å². The minimum atomic E-state index is -0.336. The minimum absolute atomic E-state index is 0.154. The number of amides is 1. The second-order valence-electron chi connectivity index (χ2n) is 6.95. The number of pyridine rings is 1. The summed E-state index contributed by atoms with van der Waals surface area (Å²) in [5, 5.41) is 3.09. The number of hydrogen-bond acceptors (Lipinski definition) is 3. The summed E-state index contributed by atoms with van der Waals surface area (Å²) < 4.78 is 0. The number of fused-ring (bicyclic) bond motifs is 1. The Balaban J connectivity index is 1.50. The van der Waals surface area contributed by atoms with Gasteiger partial charge < -0.3 is 10.3 Å². The number of H-pyrrole nitrogens is 1. The lowest BCUT2D eigenvalue weighted by molar-refractivity contribution is 0.0914. The Bertz CT molecular complexity index is 815. The van der Waals surface area contributed by atoms with E-state index in [1.54, 1.807) is 12.1 Å². The highest BCUT2D eigenvalue weighted by Crippen LogP contribution is 2.27. The van der Waals surface area contributed by atoms with E-state index < -0.39 is 0 Å². The summed E-state index contributed by atoms with van der Waals surface area (Å²) in [6.07, 6.45) is 4.57. The number of nitrogens with zero attached hydrogens (tertiary/aromatic N) is 1. The molecule has 0 saturated carbocycles. The first kappa shape index (κ1) is 16.1. The highest BCUT2D eigenvalue weighted by atomic mass is 16.2. The van der Waals surface area contributed by atoms with Gasteiger partial charge in [-0.1, -0.05) is 36.8 Å². The molecule has 2 fully saturated rings. The molecule has 2 atom stereocenters. The number of carbonyl (C=O) groups excluding carboxylic acids is 1. The summed E-state index contributed by atoms with van der Waals surface area (Å²) in [5.41, 5.74) is 1.51. The molecule has 0 spiro atoms. The predicted octanol–water partition coefficient (Wildman–Crippen LogP) is 2.40. The van der Waals surface area contributed by atoms with E-state index in [2.05, 4.69) is 15.2 Å². The predicted molar refractivity (Wildman–Crippen MR) is 97.6 cm³/mol. The van der Waals surface area contributed by atoms with Crippen LogP contribution in [0.15, 0.2) is 47.3 Å². The lowest BCUT2D eigenvalue weighted by Crippen LogP contribution is -2.47. The zero-order chi connectivity index (χ0) is 17.2. The number of hydrogen-bond donors (Lipinski definition) is 2. The largest absolute Gasteiger partial charge is 0.348 e. The fourth-order valence-corrected chi connectivity index (χ4v) is 4.10. The average molecular weight is 337 g/mol. The van der Waals surface area contributed by atoms with Gasteiger partial charge in [0.2, 0.25) is 0 Å². The third-order valence-corrected chi connectivity index (χ3v) is 5.41. The van der Waals surface area contributed by atoms with Crippen LogP contribution in [0.1, 0.15) is 36.0 Å². The van der Waals surface area contributed by atoms with Gasteiger partial charge in [0.15, 0.2) is 0 Å². The van der Waals surface area contributed by atoms with Crippen LogP contribution in [-0.2, 0) is 0 Å². The molecule has 0 aliphatic carbocycles. The van der Waals surface area contributed by atoms with E-state index in [0.717, 1.165) is 37.2 Å². The summed E-state index contributed by atoms with van der Waals surface area (Å²) in [7, 11) is 0. The molecule has 0 unspecified atom stereocenters. The first-order valence-corrected chi connectivity index (χ1v) is 9.06. The number of aromatic amines is 1. The smallest absolute Gasteiger partial charge is 0.261 e. The Labute approximate surface area is 147 Å². The van der Waals surface area contributed by atoms with Gasteiger partial charge in [-0.05, 0) is 43.5 Å². The molecule has 2 aliphatic heterocycles. The first-order chi connectivity index (χ1) is 12.2. The molecule has 0 radical (unpaired) electrons. The van der Waals surface area contributed by atoms with E-state index >= 15 is 0 Å². The number of aromatic nitrogens is 1. The van der Waals surface area contributed by atoms with E-state index in [9.17, 15) is 9.59 Å². The van der Waals surface area contributed by atoms with E-state index in [1.807, 2.05) is 30.3 Å². The summed E-state index contributed by atoms with van der Waals surface area (Å²) in [5.74, 6) is -0.265. The van der Waals surface area contributed by atoms with Crippen molar-refractivity contribution in [3.63, 3.8) is 0 Å². The Morgan fingerprint density at radius 1 is 1.04 bits per heavy atom. The standard InChI is InChI=1S/C20H23N3O2/c24-19-15(9-10-16(21-19)14-6-2-1-3-7-14)20(25)22-17-11-13-23-12-5-4-8-18(17)23/h1-3,6-7,9-10,17-18H,4-5,8,11-13H2,(H,21,24)(H,22,25)/t17-,18-/m0/s1. The molecule has 25 heavy (non-hydrogen) atoms. The van der Waals surface area contributed by atoms with E-state index in [-0.39, 0.29) is 23.1 Å². The van der Waals surface area contributed by atoms with E-state index in [1.165, 1.54) is 12.8 Å². The maximum Gasteiger partial charge on any atom is 0.261 e.